The van der Waals surface area contributed by atoms with Gasteiger partial charge in [0, 0.05) is 29.9 Å². The summed E-state index contributed by atoms with van der Waals surface area (Å²) in [6, 6.07) is 5.29. The molecule has 0 aliphatic carbocycles. The Morgan fingerprint density at radius 1 is 1.08 bits per heavy atom. The number of fused-ring (bicyclic) bond motifs is 1. The number of carbonyl (C=O) groups is 3. The summed E-state index contributed by atoms with van der Waals surface area (Å²) in [6.07, 6.45) is 1.49. The van der Waals surface area contributed by atoms with Gasteiger partial charge in [-0.05, 0) is 18.1 Å². The molecule has 1 aromatic heterocycles. The molecule has 2 unspecified atom stereocenters. The molecule has 0 saturated heterocycles. The maximum atomic E-state index is 11.8. The van der Waals surface area contributed by atoms with Gasteiger partial charge in [-0.2, -0.15) is 0 Å². The summed E-state index contributed by atoms with van der Waals surface area (Å²) in [5.74, 6) is -3.06. The fourth-order valence-corrected chi connectivity index (χ4v) is 2.22. The highest BCUT2D eigenvalue weighted by Crippen LogP contribution is 2.19. The van der Waals surface area contributed by atoms with Crippen molar-refractivity contribution in [1.82, 2.24) is 4.98 Å². The Labute approximate surface area is 142 Å². The summed E-state index contributed by atoms with van der Waals surface area (Å²) in [5, 5.41) is 9.45. The van der Waals surface area contributed by atoms with Crippen molar-refractivity contribution in [1.29, 1.82) is 0 Å². The molecule has 2 rings (SSSR count). The van der Waals surface area contributed by atoms with Gasteiger partial charge >= 0.3 is 17.9 Å². The fraction of sp³-hybridized carbons (Fsp3) is 0.312. The van der Waals surface area contributed by atoms with Crippen LogP contribution in [0.5, 0.6) is 0 Å². The van der Waals surface area contributed by atoms with Gasteiger partial charge < -0.3 is 21.6 Å². The molecule has 6 N–H and O–H groups in total. The van der Waals surface area contributed by atoms with Crippen LogP contribution in [0.25, 0.3) is 10.9 Å². The number of aromatic nitrogens is 1. The molecule has 0 fully saturated rings. The summed E-state index contributed by atoms with van der Waals surface area (Å²) in [5.41, 5.74) is 12.9. The first-order chi connectivity index (χ1) is 11.9. The van der Waals surface area contributed by atoms with Crippen molar-refractivity contribution in [2.24, 2.45) is 11.5 Å². The molecule has 0 saturated carbocycles. The van der Waals surface area contributed by atoms with Crippen LogP contribution in [0.3, 0.4) is 0 Å². The second-order valence-electron chi connectivity index (χ2n) is 5.51. The minimum absolute atomic E-state index is 0.132. The highest BCUT2D eigenvalue weighted by Gasteiger charge is 2.23. The van der Waals surface area contributed by atoms with Crippen molar-refractivity contribution in [3.63, 3.8) is 0 Å². The van der Waals surface area contributed by atoms with Crippen LogP contribution >= 0.6 is 0 Å². The fourth-order valence-electron chi connectivity index (χ4n) is 2.22. The number of carboxylic acid groups (broad SMARTS) is 1. The van der Waals surface area contributed by atoms with Crippen LogP contribution < -0.4 is 11.5 Å². The van der Waals surface area contributed by atoms with E-state index in [2.05, 4.69) is 14.8 Å². The van der Waals surface area contributed by atoms with Gasteiger partial charge in [-0.3, -0.25) is 4.79 Å². The number of carboxylic acids is 1. The summed E-state index contributed by atoms with van der Waals surface area (Å²) in [7, 11) is 0. The summed E-state index contributed by atoms with van der Waals surface area (Å²) in [4.78, 5) is 45.6. The second-order valence-corrected chi connectivity index (χ2v) is 5.51. The van der Waals surface area contributed by atoms with Crippen molar-refractivity contribution >= 4 is 28.8 Å². The Kier molecular flexibility index (Phi) is 6.09. The zero-order valence-electron chi connectivity index (χ0n) is 13.3. The van der Waals surface area contributed by atoms with Crippen LogP contribution in [0.4, 0.5) is 0 Å². The van der Waals surface area contributed by atoms with E-state index in [4.69, 9.17) is 16.6 Å². The Balaban J connectivity index is 1.84. The van der Waals surface area contributed by atoms with E-state index in [1.54, 1.807) is 6.20 Å². The predicted molar refractivity (Wildman–Crippen MR) is 87.0 cm³/mol. The number of aliphatic carboxylic acids is 1. The largest absolute Gasteiger partial charge is 0.481 e. The lowest BCUT2D eigenvalue weighted by Gasteiger charge is -2.11. The minimum atomic E-state index is -1.20. The number of carbonyl (C=O) groups excluding carboxylic acids is 2. The van der Waals surface area contributed by atoms with Crippen LogP contribution in [0.15, 0.2) is 30.5 Å². The van der Waals surface area contributed by atoms with Crippen molar-refractivity contribution in [2.45, 2.75) is 31.3 Å². The third kappa shape index (κ3) is 5.03. The van der Waals surface area contributed by atoms with Gasteiger partial charge in [0.1, 0.15) is 12.1 Å². The van der Waals surface area contributed by atoms with Gasteiger partial charge in [-0.25, -0.2) is 19.4 Å². The van der Waals surface area contributed by atoms with Gasteiger partial charge in [-0.15, -0.1) is 0 Å². The van der Waals surface area contributed by atoms with E-state index in [1.807, 2.05) is 24.3 Å². The second kappa shape index (κ2) is 8.27. The SMILES string of the molecule is NC(CCC(=O)O)C(=O)OOC(=O)C(N)Cc1c[nH]c2ccccc12. The molecule has 0 aliphatic rings. The van der Waals surface area contributed by atoms with E-state index < -0.39 is 30.0 Å². The molecular weight excluding hydrogens is 330 g/mol. The maximum Gasteiger partial charge on any atom is 0.372 e. The quantitative estimate of drug-likeness (QED) is 0.408. The normalized spacial score (nSPS) is 13.2. The van der Waals surface area contributed by atoms with Crippen molar-refractivity contribution in [2.75, 3.05) is 0 Å². The van der Waals surface area contributed by atoms with Crippen LogP contribution in [0, 0.1) is 0 Å². The van der Waals surface area contributed by atoms with Crippen molar-refractivity contribution in [3.05, 3.63) is 36.0 Å². The lowest BCUT2D eigenvalue weighted by Crippen LogP contribution is -2.38. The average molecular weight is 349 g/mol. The maximum absolute atomic E-state index is 11.8. The molecule has 0 aliphatic heterocycles. The molecule has 134 valence electrons. The molecule has 1 aromatic carbocycles. The van der Waals surface area contributed by atoms with E-state index in [-0.39, 0.29) is 19.3 Å². The van der Waals surface area contributed by atoms with Crippen LogP contribution in [0.1, 0.15) is 18.4 Å². The standard InChI is InChI=1S/C16H19N3O6/c17-11(5-6-14(20)21)15(22)24-25-16(23)12(18)7-9-8-19-13-4-2-1-3-10(9)13/h1-4,8,11-12,19H,5-7,17-18H2,(H,20,21). The van der Waals surface area contributed by atoms with E-state index in [9.17, 15) is 14.4 Å². The van der Waals surface area contributed by atoms with Crippen molar-refractivity contribution < 1.29 is 29.3 Å². The van der Waals surface area contributed by atoms with Crippen molar-refractivity contribution in [3.8, 4) is 0 Å². The molecule has 0 bridgehead atoms. The van der Waals surface area contributed by atoms with Crippen LogP contribution in [0.2, 0.25) is 0 Å². The molecular formula is C16H19N3O6. The molecule has 9 nitrogen and oxygen atoms in total. The number of rotatable bonds is 7. The third-order valence-electron chi connectivity index (χ3n) is 3.60. The highest BCUT2D eigenvalue weighted by molar-refractivity contribution is 5.84. The zero-order valence-corrected chi connectivity index (χ0v) is 13.3. The lowest BCUT2D eigenvalue weighted by molar-refractivity contribution is -0.261. The van der Waals surface area contributed by atoms with E-state index in [1.165, 1.54) is 0 Å². The molecule has 1 heterocycles. The number of para-hydroxylation sites is 1. The number of aromatic amines is 1. The molecule has 25 heavy (non-hydrogen) atoms. The van der Waals surface area contributed by atoms with E-state index >= 15 is 0 Å². The summed E-state index contributed by atoms with van der Waals surface area (Å²) < 4.78 is 0. The number of nitrogens with one attached hydrogen (secondary N) is 1. The number of hydrogen-bond acceptors (Lipinski definition) is 7. The first-order valence-electron chi connectivity index (χ1n) is 7.58. The number of nitrogens with two attached hydrogens (primary N) is 2. The average Bonchev–Trinajstić information content (AvgIpc) is 3.00. The Bertz CT molecular complexity index is 772. The first-order valence-corrected chi connectivity index (χ1v) is 7.58. The molecule has 9 heteroatoms. The smallest absolute Gasteiger partial charge is 0.372 e. The minimum Gasteiger partial charge on any atom is -0.481 e. The van der Waals surface area contributed by atoms with Gasteiger partial charge in [0.2, 0.25) is 0 Å². The molecule has 0 radical (unpaired) electrons. The third-order valence-corrected chi connectivity index (χ3v) is 3.60. The number of benzene rings is 1. The summed E-state index contributed by atoms with van der Waals surface area (Å²) in [6.45, 7) is 0. The zero-order chi connectivity index (χ0) is 18.4. The molecule has 0 spiro atoms. The Hall–Kier alpha value is -2.91. The summed E-state index contributed by atoms with van der Waals surface area (Å²) >= 11 is 0. The molecule has 2 aromatic rings. The monoisotopic (exact) mass is 349 g/mol. The Morgan fingerprint density at radius 2 is 1.72 bits per heavy atom. The van der Waals surface area contributed by atoms with Crippen LogP contribution in [-0.2, 0) is 30.6 Å². The van der Waals surface area contributed by atoms with E-state index in [0.29, 0.717) is 0 Å². The lowest BCUT2D eigenvalue weighted by atomic mass is 10.1. The van der Waals surface area contributed by atoms with Gasteiger partial charge in [0.05, 0.1) is 0 Å². The topological polar surface area (TPSA) is 158 Å². The van der Waals surface area contributed by atoms with Gasteiger partial charge in [0.15, 0.2) is 0 Å². The first kappa shape index (κ1) is 18.4. The molecule has 0 amide bonds. The van der Waals surface area contributed by atoms with Crippen LogP contribution in [-0.4, -0.2) is 40.1 Å². The molecule has 2 atom stereocenters. The highest BCUT2D eigenvalue weighted by atomic mass is 17.2. The Morgan fingerprint density at radius 3 is 2.40 bits per heavy atom. The predicted octanol–water partition coefficient (Wildman–Crippen LogP) is 0.231. The van der Waals surface area contributed by atoms with Gasteiger partial charge in [-0.1, -0.05) is 18.2 Å². The van der Waals surface area contributed by atoms with Gasteiger partial charge in [0.25, 0.3) is 0 Å². The number of H-pyrrole nitrogens is 1. The van der Waals surface area contributed by atoms with E-state index in [0.717, 1.165) is 16.5 Å². The number of hydrogen-bond donors (Lipinski definition) is 4.